The molecule has 2 amide bonds. The van der Waals surface area contributed by atoms with E-state index in [2.05, 4.69) is 5.32 Å². The summed E-state index contributed by atoms with van der Waals surface area (Å²) in [5.74, 6) is -0.318. The number of benzene rings is 3. The Morgan fingerprint density at radius 1 is 0.909 bits per heavy atom. The maximum Gasteiger partial charge on any atom is 0.243 e. The third-order valence-corrected chi connectivity index (χ3v) is 6.30. The topological polar surface area (TPSA) is 49.4 Å². The number of amides is 2. The molecule has 1 N–H and O–H groups in total. The van der Waals surface area contributed by atoms with Crippen LogP contribution in [0.3, 0.4) is 0 Å². The average Bonchev–Trinajstić information content (AvgIpc) is 2.80. The van der Waals surface area contributed by atoms with Crippen LogP contribution in [0.5, 0.6) is 0 Å². The van der Waals surface area contributed by atoms with Gasteiger partial charge in [0.1, 0.15) is 6.04 Å². The number of hydrogen-bond donors (Lipinski definition) is 1. The molecule has 0 radical (unpaired) electrons. The normalized spacial score (nSPS) is 11.6. The second-order valence-corrected chi connectivity index (χ2v) is 8.79. The molecule has 0 aliphatic rings. The van der Waals surface area contributed by atoms with Crippen LogP contribution in [-0.2, 0) is 29.0 Å². The van der Waals surface area contributed by atoms with Crippen LogP contribution in [0.1, 0.15) is 29.2 Å². The highest BCUT2D eigenvalue weighted by Gasteiger charge is 2.30. The standard InChI is InChI=1S/C27H28Cl2N2O2/c1-3-30-27(33)25(16-20-10-5-4-6-11-20)31(18-22-12-8-7-9-19(22)2)26(32)17-21-13-14-23(28)24(29)15-21/h4-15,25H,3,16-18H2,1-2H3,(H,30,33)/t25-/m1/s1. The largest absolute Gasteiger partial charge is 0.355 e. The van der Waals surface area contributed by atoms with E-state index in [0.717, 1.165) is 22.3 Å². The molecule has 0 heterocycles. The van der Waals surface area contributed by atoms with Gasteiger partial charge in [-0.1, -0.05) is 83.9 Å². The van der Waals surface area contributed by atoms with E-state index in [9.17, 15) is 9.59 Å². The number of halogens is 2. The predicted molar refractivity (Wildman–Crippen MR) is 135 cm³/mol. The number of likely N-dealkylation sites (N-methyl/N-ethyl adjacent to an activating group) is 1. The van der Waals surface area contributed by atoms with E-state index in [1.807, 2.05) is 68.4 Å². The van der Waals surface area contributed by atoms with Crippen molar-refractivity contribution >= 4 is 35.0 Å². The lowest BCUT2D eigenvalue weighted by Gasteiger charge is -2.32. The Bertz CT molecular complexity index is 1100. The summed E-state index contributed by atoms with van der Waals surface area (Å²) < 4.78 is 0. The first-order valence-corrected chi connectivity index (χ1v) is 11.7. The van der Waals surface area contributed by atoms with E-state index in [4.69, 9.17) is 23.2 Å². The number of aryl methyl sites for hydroxylation is 1. The Balaban J connectivity index is 1.97. The molecule has 3 aromatic rings. The Labute approximate surface area is 205 Å². The molecule has 0 bridgehead atoms. The summed E-state index contributed by atoms with van der Waals surface area (Å²) in [4.78, 5) is 28.5. The second-order valence-electron chi connectivity index (χ2n) is 7.97. The molecule has 0 aliphatic heterocycles. The van der Waals surface area contributed by atoms with Gasteiger partial charge in [-0.15, -0.1) is 0 Å². The van der Waals surface area contributed by atoms with Crippen molar-refractivity contribution in [2.24, 2.45) is 0 Å². The van der Waals surface area contributed by atoms with Crippen LogP contribution in [0, 0.1) is 6.92 Å². The van der Waals surface area contributed by atoms with Crippen molar-refractivity contribution in [1.29, 1.82) is 0 Å². The monoisotopic (exact) mass is 482 g/mol. The quantitative estimate of drug-likeness (QED) is 0.430. The molecule has 33 heavy (non-hydrogen) atoms. The lowest BCUT2D eigenvalue weighted by Crippen LogP contribution is -2.51. The number of nitrogens with zero attached hydrogens (tertiary/aromatic N) is 1. The van der Waals surface area contributed by atoms with E-state index < -0.39 is 6.04 Å². The summed E-state index contributed by atoms with van der Waals surface area (Å²) in [5, 5.41) is 3.75. The number of nitrogens with one attached hydrogen (secondary N) is 1. The summed E-state index contributed by atoms with van der Waals surface area (Å²) in [6.45, 7) is 4.71. The SMILES string of the molecule is CCNC(=O)[C@@H](Cc1ccccc1)N(Cc1ccccc1C)C(=O)Cc1ccc(Cl)c(Cl)c1. The van der Waals surface area contributed by atoms with Gasteiger partial charge >= 0.3 is 0 Å². The minimum atomic E-state index is -0.651. The van der Waals surface area contributed by atoms with E-state index >= 15 is 0 Å². The summed E-state index contributed by atoms with van der Waals surface area (Å²) in [6.07, 6.45) is 0.541. The fraction of sp³-hybridized carbons (Fsp3) is 0.259. The number of rotatable bonds is 9. The molecule has 0 unspecified atom stereocenters. The number of carbonyl (C=O) groups is 2. The minimum Gasteiger partial charge on any atom is -0.355 e. The summed E-state index contributed by atoms with van der Waals surface area (Å²) in [7, 11) is 0. The van der Waals surface area contributed by atoms with Crippen molar-refractivity contribution in [2.75, 3.05) is 6.54 Å². The first-order valence-electron chi connectivity index (χ1n) is 11.0. The third-order valence-electron chi connectivity index (χ3n) is 5.56. The number of hydrogen-bond acceptors (Lipinski definition) is 2. The van der Waals surface area contributed by atoms with Gasteiger partial charge in [0.2, 0.25) is 11.8 Å². The smallest absolute Gasteiger partial charge is 0.243 e. The van der Waals surface area contributed by atoms with Gasteiger partial charge < -0.3 is 10.2 Å². The molecule has 4 nitrogen and oxygen atoms in total. The van der Waals surface area contributed by atoms with Gasteiger partial charge in [0.15, 0.2) is 0 Å². The highest BCUT2D eigenvalue weighted by Crippen LogP contribution is 2.24. The molecule has 0 aromatic heterocycles. The van der Waals surface area contributed by atoms with Gasteiger partial charge in [-0.05, 0) is 48.2 Å². The summed E-state index contributed by atoms with van der Waals surface area (Å²) >= 11 is 12.2. The Kier molecular flexibility index (Phi) is 8.93. The maximum atomic E-state index is 13.6. The zero-order valence-corrected chi connectivity index (χ0v) is 20.4. The van der Waals surface area contributed by atoms with Crippen molar-refractivity contribution in [3.05, 3.63) is 105 Å². The molecule has 3 rings (SSSR count). The van der Waals surface area contributed by atoms with Crippen molar-refractivity contribution in [3.8, 4) is 0 Å². The van der Waals surface area contributed by atoms with Crippen LogP contribution in [-0.4, -0.2) is 29.3 Å². The molecule has 3 aromatic carbocycles. The molecular formula is C27H28Cl2N2O2. The Morgan fingerprint density at radius 2 is 1.61 bits per heavy atom. The van der Waals surface area contributed by atoms with Crippen molar-refractivity contribution in [2.45, 2.75) is 39.3 Å². The molecular weight excluding hydrogens is 455 g/mol. The Hall–Kier alpha value is -2.82. The Morgan fingerprint density at radius 3 is 2.27 bits per heavy atom. The van der Waals surface area contributed by atoms with Crippen molar-refractivity contribution in [1.82, 2.24) is 10.2 Å². The molecule has 1 atom stereocenters. The van der Waals surface area contributed by atoms with Gasteiger partial charge in [-0.2, -0.15) is 0 Å². The fourth-order valence-corrected chi connectivity index (χ4v) is 4.06. The van der Waals surface area contributed by atoms with Gasteiger partial charge in [-0.25, -0.2) is 0 Å². The average molecular weight is 483 g/mol. The highest BCUT2D eigenvalue weighted by molar-refractivity contribution is 6.42. The predicted octanol–water partition coefficient (Wildman–Crippen LogP) is 5.62. The molecule has 0 fully saturated rings. The molecule has 0 saturated carbocycles. The van der Waals surface area contributed by atoms with Crippen LogP contribution >= 0.6 is 23.2 Å². The van der Waals surface area contributed by atoms with Crippen LogP contribution < -0.4 is 5.32 Å². The van der Waals surface area contributed by atoms with Gasteiger partial charge in [-0.3, -0.25) is 9.59 Å². The maximum absolute atomic E-state index is 13.6. The molecule has 6 heteroatoms. The highest BCUT2D eigenvalue weighted by atomic mass is 35.5. The van der Waals surface area contributed by atoms with E-state index in [1.165, 1.54) is 0 Å². The molecule has 172 valence electrons. The van der Waals surface area contributed by atoms with Crippen LogP contribution in [0.2, 0.25) is 10.0 Å². The molecule has 0 saturated heterocycles. The zero-order chi connectivity index (χ0) is 23.8. The first kappa shape index (κ1) is 24.8. The third kappa shape index (κ3) is 6.83. The van der Waals surface area contributed by atoms with Crippen LogP contribution in [0.4, 0.5) is 0 Å². The number of carbonyl (C=O) groups excluding carboxylic acids is 2. The summed E-state index contributed by atoms with van der Waals surface area (Å²) in [5.41, 5.74) is 3.81. The van der Waals surface area contributed by atoms with E-state index in [-0.39, 0.29) is 18.2 Å². The zero-order valence-electron chi connectivity index (χ0n) is 18.9. The minimum absolute atomic E-state index is 0.119. The van der Waals surface area contributed by atoms with Crippen molar-refractivity contribution < 1.29 is 9.59 Å². The molecule has 0 aliphatic carbocycles. The van der Waals surface area contributed by atoms with E-state index in [0.29, 0.717) is 29.6 Å². The lowest BCUT2D eigenvalue weighted by molar-refractivity contribution is -0.140. The fourth-order valence-electron chi connectivity index (χ4n) is 3.74. The lowest BCUT2D eigenvalue weighted by atomic mass is 10.0. The van der Waals surface area contributed by atoms with Gasteiger partial charge in [0, 0.05) is 19.5 Å². The van der Waals surface area contributed by atoms with Crippen LogP contribution in [0.25, 0.3) is 0 Å². The van der Waals surface area contributed by atoms with E-state index in [1.54, 1.807) is 23.1 Å². The first-order chi connectivity index (χ1) is 15.9. The van der Waals surface area contributed by atoms with Gasteiger partial charge in [0.25, 0.3) is 0 Å². The van der Waals surface area contributed by atoms with Crippen LogP contribution in [0.15, 0.2) is 72.8 Å². The van der Waals surface area contributed by atoms with Gasteiger partial charge in [0.05, 0.1) is 16.5 Å². The molecule has 0 spiro atoms. The van der Waals surface area contributed by atoms with Crippen molar-refractivity contribution in [3.63, 3.8) is 0 Å². The summed E-state index contributed by atoms with van der Waals surface area (Å²) in [6, 6.07) is 22.2. The second kappa shape index (κ2) is 11.9.